The van der Waals surface area contributed by atoms with Crippen LogP contribution in [0.4, 0.5) is 9.18 Å². The molecule has 1 aliphatic rings. The van der Waals surface area contributed by atoms with E-state index in [1.165, 1.54) is 11.0 Å². The second-order valence-corrected chi connectivity index (χ2v) is 7.89. The zero-order valence-electron chi connectivity index (χ0n) is 13.7. The average molecular weight is 422 g/mol. The number of ether oxygens (including phenoxy) is 1. The minimum absolute atomic E-state index is 0.0517. The van der Waals surface area contributed by atoms with Crippen LogP contribution >= 0.6 is 27.5 Å². The number of nitrogens with zero attached hydrogens (tertiary/aromatic N) is 1. The number of likely N-dealkylation sites (tertiary alicyclic amines) is 1. The van der Waals surface area contributed by atoms with Crippen molar-refractivity contribution in [3.63, 3.8) is 0 Å². The van der Waals surface area contributed by atoms with E-state index >= 15 is 0 Å². The minimum atomic E-state index is -0.670. The summed E-state index contributed by atoms with van der Waals surface area (Å²) < 4.78 is 19.6. The Bertz CT molecular complexity index is 663. The van der Waals surface area contributed by atoms with Crippen molar-refractivity contribution < 1.29 is 18.7 Å². The molecule has 132 valence electrons. The van der Waals surface area contributed by atoms with Gasteiger partial charge in [-0.3, -0.25) is 4.79 Å². The fraction of sp³-hybridized carbons (Fsp3) is 0.500. The van der Waals surface area contributed by atoms with Crippen LogP contribution in [0.2, 0.25) is 5.02 Å². The second-order valence-electron chi connectivity index (χ2n) is 6.63. The van der Waals surface area contributed by atoms with Gasteiger partial charge in [-0.25, -0.2) is 9.18 Å². The van der Waals surface area contributed by atoms with E-state index in [0.717, 1.165) is 6.07 Å². The van der Waals surface area contributed by atoms with Crippen molar-refractivity contribution in [3.05, 3.63) is 33.0 Å². The number of benzene rings is 1. The fourth-order valence-corrected chi connectivity index (χ4v) is 2.89. The molecule has 1 N–H and O–H groups in total. The summed E-state index contributed by atoms with van der Waals surface area (Å²) in [6.45, 7) is 6.06. The standard InChI is InChI=1S/C16H19BrClFN2O3/c1-16(2,3)24-15(23)20-9-4-5-21(8-9)14(22)10-6-11(17)12(18)7-13(10)19/h6-7,9H,4-5,8H2,1-3H3,(H,20,23)/t9-/m1/s1. The normalized spacial score (nSPS) is 17.8. The maximum Gasteiger partial charge on any atom is 0.407 e. The zero-order chi connectivity index (χ0) is 18.1. The van der Waals surface area contributed by atoms with E-state index in [2.05, 4.69) is 21.2 Å². The first kappa shape index (κ1) is 19.0. The molecule has 2 rings (SSSR count). The van der Waals surface area contributed by atoms with Gasteiger partial charge in [0.25, 0.3) is 5.91 Å². The maximum absolute atomic E-state index is 14.0. The van der Waals surface area contributed by atoms with E-state index in [1.54, 1.807) is 20.8 Å². The Hall–Kier alpha value is -1.34. The summed E-state index contributed by atoms with van der Waals surface area (Å²) in [6, 6.07) is 2.25. The first-order valence-electron chi connectivity index (χ1n) is 7.50. The van der Waals surface area contributed by atoms with Gasteiger partial charge in [0.1, 0.15) is 11.4 Å². The highest BCUT2D eigenvalue weighted by molar-refractivity contribution is 9.10. The van der Waals surface area contributed by atoms with E-state index in [9.17, 15) is 14.0 Å². The van der Waals surface area contributed by atoms with Crippen molar-refractivity contribution in [3.8, 4) is 0 Å². The summed E-state index contributed by atoms with van der Waals surface area (Å²) in [5.74, 6) is -1.10. The van der Waals surface area contributed by atoms with Crippen LogP contribution < -0.4 is 5.32 Å². The molecular formula is C16H19BrClFN2O3. The lowest BCUT2D eigenvalue weighted by atomic mass is 10.2. The molecule has 0 saturated carbocycles. The molecule has 24 heavy (non-hydrogen) atoms. The Kier molecular flexibility index (Phi) is 5.75. The van der Waals surface area contributed by atoms with Crippen molar-refractivity contribution in [1.82, 2.24) is 10.2 Å². The molecular weight excluding hydrogens is 403 g/mol. The van der Waals surface area contributed by atoms with Crippen LogP contribution in [0.5, 0.6) is 0 Å². The van der Waals surface area contributed by atoms with Gasteiger partial charge in [0, 0.05) is 17.6 Å². The molecule has 0 radical (unpaired) electrons. The van der Waals surface area contributed by atoms with Crippen LogP contribution in [0.25, 0.3) is 0 Å². The lowest BCUT2D eigenvalue weighted by molar-refractivity contribution is 0.0502. The first-order chi connectivity index (χ1) is 11.1. The summed E-state index contributed by atoms with van der Waals surface area (Å²) in [5.41, 5.74) is -0.638. The first-order valence-corrected chi connectivity index (χ1v) is 8.67. The number of halogens is 3. The van der Waals surface area contributed by atoms with Gasteiger partial charge in [-0.15, -0.1) is 0 Å². The van der Waals surface area contributed by atoms with Gasteiger partial charge in [-0.05, 0) is 55.3 Å². The van der Waals surface area contributed by atoms with Gasteiger partial charge in [0.05, 0.1) is 16.6 Å². The average Bonchev–Trinajstić information content (AvgIpc) is 2.88. The molecule has 5 nitrogen and oxygen atoms in total. The maximum atomic E-state index is 14.0. The highest BCUT2D eigenvalue weighted by Gasteiger charge is 2.30. The number of carbonyl (C=O) groups is 2. The van der Waals surface area contributed by atoms with Gasteiger partial charge in [0.15, 0.2) is 0 Å². The molecule has 0 spiro atoms. The third kappa shape index (κ3) is 4.83. The fourth-order valence-electron chi connectivity index (χ4n) is 2.39. The van der Waals surface area contributed by atoms with E-state index in [4.69, 9.17) is 16.3 Å². The van der Waals surface area contributed by atoms with Crippen molar-refractivity contribution in [2.75, 3.05) is 13.1 Å². The number of alkyl carbamates (subject to hydrolysis) is 1. The highest BCUT2D eigenvalue weighted by Crippen LogP contribution is 2.27. The van der Waals surface area contributed by atoms with Crippen molar-refractivity contribution in [2.45, 2.75) is 38.8 Å². The van der Waals surface area contributed by atoms with Gasteiger partial charge >= 0.3 is 6.09 Å². The van der Waals surface area contributed by atoms with Crippen LogP contribution in [0, 0.1) is 5.82 Å². The molecule has 0 aromatic heterocycles. The highest BCUT2D eigenvalue weighted by atomic mass is 79.9. The predicted octanol–water partition coefficient (Wildman–Crippen LogP) is 3.98. The summed E-state index contributed by atoms with van der Waals surface area (Å²) in [7, 11) is 0. The third-order valence-electron chi connectivity index (χ3n) is 3.44. The molecule has 1 aliphatic heterocycles. The molecule has 1 aromatic carbocycles. The Labute approximate surface area is 153 Å². The smallest absolute Gasteiger partial charge is 0.407 e. The second kappa shape index (κ2) is 7.27. The number of carbonyl (C=O) groups excluding carboxylic acids is 2. The third-order valence-corrected chi connectivity index (χ3v) is 4.63. The monoisotopic (exact) mass is 420 g/mol. The SMILES string of the molecule is CC(C)(C)OC(=O)N[C@@H]1CCN(C(=O)c2cc(Br)c(Cl)cc2F)C1. The molecule has 1 atom stereocenters. The van der Waals surface area contributed by atoms with Crippen molar-refractivity contribution in [1.29, 1.82) is 0 Å². The Morgan fingerprint density at radius 1 is 1.42 bits per heavy atom. The molecule has 0 aliphatic carbocycles. The molecule has 1 fully saturated rings. The molecule has 1 saturated heterocycles. The predicted molar refractivity (Wildman–Crippen MR) is 92.8 cm³/mol. The van der Waals surface area contributed by atoms with Gasteiger partial charge in [-0.1, -0.05) is 11.6 Å². The summed E-state index contributed by atoms with van der Waals surface area (Å²) in [4.78, 5) is 25.8. The van der Waals surface area contributed by atoms with Crippen molar-refractivity contribution in [2.24, 2.45) is 0 Å². The molecule has 8 heteroatoms. The summed E-state index contributed by atoms with van der Waals surface area (Å²) in [6.07, 6.45) is 0.0590. The van der Waals surface area contributed by atoms with Crippen LogP contribution in [0.3, 0.4) is 0 Å². The van der Waals surface area contributed by atoms with Crippen LogP contribution in [-0.2, 0) is 4.74 Å². The van der Waals surface area contributed by atoms with Crippen LogP contribution in [0.1, 0.15) is 37.6 Å². The lowest BCUT2D eigenvalue weighted by Gasteiger charge is -2.22. The Morgan fingerprint density at radius 3 is 2.71 bits per heavy atom. The molecule has 0 bridgehead atoms. The number of nitrogens with one attached hydrogen (secondary N) is 1. The lowest BCUT2D eigenvalue weighted by Crippen LogP contribution is -2.41. The minimum Gasteiger partial charge on any atom is -0.444 e. The largest absolute Gasteiger partial charge is 0.444 e. The Morgan fingerprint density at radius 2 is 2.08 bits per heavy atom. The number of hydrogen-bond acceptors (Lipinski definition) is 3. The van der Waals surface area contributed by atoms with Gasteiger partial charge < -0.3 is 15.0 Å². The summed E-state index contributed by atoms with van der Waals surface area (Å²) in [5, 5.41) is 2.93. The van der Waals surface area contributed by atoms with E-state index in [-0.39, 0.29) is 16.6 Å². The van der Waals surface area contributed by atoms with E-state index < -0.39 is 23.4 Å². The Balaban J connectivity index is 1.99. The molecule has 1 aromatic rings. The molecule has 2 amide bonds. The number of hydrogen-bond donors (Lipinski definition) is 1. The molecule has 1 heterocycles. The quantitative estimate of drug-likeness (QED) is 0.735. The van der Waals surface area contributed by atoms with Crippen molar-refractivity contribution >= 4 is 39.5 Å². The summed E-state index contributed by atoms with van der Waals surface area (Å²) >= 11 is 9.00. The number of rotatable bonds is 2. The van der Waals surface area contributed by atoms with Gasteiger partial charge in [0.2, 0.25) is 0 Å². The molecule has 0 unspecified atom stereocenters. The topological polar surface area (TPSA) is 58.6 Å². The zero-order valence-corrected chi connectivity index (χ0v) is 16.0. The van der Waals surface area contributed by atoms with E-state index in [1.807, 2.05) is 0 Å². The van der Waals surface area contributed by atoms with Crippen LogP contribution in [0.15, 0.2) is 16.6 Å². The van der Waals surface area contributed by atoms with E-state index in [0.29, 0.717) is 24.0 Å². The van der Waals surface area contributed by atoms with Gasteiger partial charge in [-0.2, -0.15) is 0 Å². The van der Waals surface area contributed by atoms with Crippen LogP contribution in [-0.4, -0.2) is 41.6 Å². The number of amides is 2.